The van der Waals surface area contributed by atoms with Crippen molar-refractivity contribution in [3.05, 3.63) is 202 Å². The standard InChI is InChI=1S/C49H47ClO7S/c50-42-23-22-41(29-40(42)27-39-21-24-43-44(28-39)54-26-25-53-43)49(51)48(57-33-38-19-11-4-12-20-38)47(56-32-37-17-9-3-10-18-37)46(55-31-36-15-7-2-8-16-36)45(58-49)34-52-30-35-13-5-1-6-14-35/h1-24,28-29,45-48,51H,25-27,30-34H2/t45-,46-,47+,48-,49?/m1/s1. The molecule has 2 aliphatic heterocycles. The van der Waals surface area contributed by atoms with Gasteiger partial charge in [0.25, 0.3) is 0 Å². The van der Waals surface area contributed by atoms with Gasteiger partial charge in [-0.25, -0.2) is 0 Å². The van der Waals surface area contributed by atoms with E-state index in [-0.39, 0.29) is 25.1 Å². The molecule has 1 unspecified atom stereocenters. The second kappa shape index (κ2) is 19.4. The topological polar surface area (TPSA) is 75.6 Å². The van der Waals surface area contributed by atoms with Crippen LogP contribution in [0.2, 0.25) is 5.02 Å². The lowest BCUT2D eigenvalue weighted by Gasteiger charge is -2.50. The molecular formula is C49H47ClO7S. The SMILES string of the molecule is OC1(c2ccc(Cl)c(Cc3ccc4c(c3)OCCO4)c2)S[C@H](COCc2ccccc2)[C@@H](OCc2ccccc2)[C@H](OCc2ccccc2)[C@H]1OCc1ccccc1. The van der Waals surface area contributed by atoms with Crippen molar-refractivity contribution in [1.82, 2.24) is 0 Å². The summed E-state index contributed by atoms with van der Waals surface area (Å²) in [5.41, 5.74) is 6.57. The maximum Gasteiger partial charge on any atom is 0.165 e. The van der Waals surface area contributed by atoms with Crippen LogP contribution in [0.3, 0.4) is 0 Å². The number of rotatable bonds is 16. The van der Waals surface area contributed by atoms with E-state index >= 15 is 0 Å². The summed E-state index contributed by atoms with van der Waals surface area (Å²) in [5, 5.41) is 13.7. The Bertz CT molecular complexity index is 2190. The first-order chi connectivity index (χ1) is 28.5. The summed E-state index contributed by atoms with van der Waals surface area (Å²) in [6, 6.07) is 51.9. The van der Waals surface area contributed by atoms with Crippen molar-refractivity contribution in [3.63, 3.8) is 0 Å². The van der Waals surface area contributed by atoms with Gasteiger partial charge in [-0.15, -0.1) is 11.8 Å². The van der Waals surface area contributed by atoms with E-state index in [2.05, 4.69) is 0 Å². The van der Waals surface area contributed by atoms with Crippen LogP contribution in [0.15, 0.2) is 158 Å². The summed E-state index contributed by atoms with van der Waals surface area (Å²) in [7, 11) is 0. The van der Waals surface area contributed by atoms with E-state index in [9.17, 15) is 5.11 Å². The van der Waals surface area contributed by atoms with Crippen LogP contribution in [0, 0.1) is 0 Å². The van der Waals surface area contributed by atoms with Crippen LogP contribution >= 0.6 is 23.4 Å². The van der Waals surface area contributed by atoms with Crippen molar-refractivity contribution in [3.8, 4) is 11.5 Å². The van der Waals surface area contributed by atoms with E-state index in [0.29, 0.717) is 49.2 Å². The summed E-state index contributed by atoms with van der Waals surface area (Å²) < 4.78 is 38.9. The molecule has 1 fully saturated rings. The molecule has 2 heterocycles. The Kier molecular flexibility index (Phi) is 13.4. The van der Waals surface area contributed by atoms with Gasteiger partial charge < -0.3 is 33.5 Å². The molecule has 6 aromatic carbocycles. The van der Waals surface area contributed by atoms with Crippen LogP contribution in [0.5, 0.6) is 11.5 Å². The fraction of sp³-hybridized carbons (Fsp3) is 0.265. The maximum atomic E-state index is 13.4. The van der Waals surface area contributed by atoms with Crippen LogP contribution in [-0.2, 0) is 56.7 Å². The van der Waals surface area contributed by atoms with E-state index in [0.717, 1.165) is 39.1 Å². The Balaban J connectivity index is 1.18. The molecule has 1 N–H and O–H groups in total. The summed E-state index contributed by atoms with van der Waals surface area (Å²) in [4.78, 5) is -1.62. The van der Waals surface area contributed by atoms with E-state index in [1.54, 1.807) is 0 Å². The Morgan fingerprint density at radius 2 is 1.10 bits per heavy atom. The van der Waals surface area contributed by atoms with Crippen LogP contribution in [-0.4, -0.2) is 48.5 Å². The molecule has 8 rings (SSSR count). The van der Waals surface area contributed by atoms with Crippen LogP contribution in [0.4, 0.5) is 0 Å². The average molecular weight is 815 g/mol. The molecule has 58 heavy (non-hydrogen) atoms. The fourth-order valence-electron chi connectivity index (χ4n) is 7.44. The fourth-order valence-corrected chi connectivity index (χ4v) is 9.21. The molecule has 0 saturated carbocycles. The zero-order valence-corrected chi connectivity index (χ0v) is 33.7. The van der Waals surface area contributed by atoms with Crippen LogP contribution in [0.1, 0.15) is 38.9 Å². The predicted molar refractivity (Wildman–Crippen MR) is 228 cm³/mol. The van der Waals surface area contributed by atoms with Crippen molar-refractivity contribution in [2.24, 2.45) is 0 Å². The van der Waals surface area contributed by atoms with Crippen molar-refractivity contribution in [2.45, 2.75) is 61.3 Å². The lowest BCUT2D eigenvalue weighted by Crippen LogP contribution is -2.61. The van der Waals surface area contributed by atoms with Crippen molar-refractivity contribution < 1.29 is 33.5 Å². The molecule has 0 amide bonds. The zero-order chi connectivity index (χ0) is 39.6. The molecule has 0 spiro atoms. The number of benzene rings is 6. The minimum atomic E-state index is -1.62. The van der Waals surface area contributed by atoms with Crippen molar-refractivity contribution in [2.75, 3.05) is 19.8 Å². The minimum absolute atomic E-state index is 0.248. The van der Waals surface area contributed by atoms with Crippen LogP contribution < -0.4 is 9.47 Å². The van der Waals surface area contributed by atoms with Gasteiger partial charge in [-0.05, 0) is 63.6 Å². The van der Waals surface area contributed by atoms with Gasteiger partial charge in [0.1, 0.15) is 31.5 Å². The van der Waals surface area contributed by atoms with Gasteiger partial charge in [-0.3, -0.25) is 0 Å². The molecule has 2 aliphatic rings. The number of fused-ring (bicyclic) bond motifs is 1. The number of aliphatic hydroxyl groups is 1. The van der Waals surface area contributed by atoms with Gasteiger partial charge in [-0.2, -0.15) is 0 Å². The number of ether oxygens (including phenoxy) is 6. The quantitative estimate of drug-likeness (QED) is 0.104. The minimum Gasteiger partial charge on any atom is -0.486 e. The smallest absolute Gasteiger partial charge is 0.165 e. The lowest BCUT2D eigenvalue weighted by molar-refractivity contribution is -0.199. The Morgan fingerprint density at radius 1 is 0.569 bits per heavy atom. The van der Waals surface area contributed by atoms with Crippen molar-refractivity contribution >= 4 is 23.4 Å². The number of hydrogen-bond acceptors (Lipinski definition) is 8. The first-order valence-corrected chi connectivity index (χ1v) is 20.9. The van der Waals surface area contributed by atoms with Gasteiger partial charge in [0, 0.05) is 5.02 Å². The maximum absolute atomic E-state index is 13.4. The third-order valence-electron chi connectivity index (χ3n) is 10.4. The highest BCUT2D eigenvalue weighted by Crippen LogP contribution is 2.51. The van der Waals surface area contributed by atoms with E-state index in [1.165, 1.54) is 11.8 Å². The van der Waals surface area contributed by atoms with E-state index in [4.69, 9.17) is 40.0 Å². The predicted octanol–water partition coefficient (Wildman–Crippen LogP) is 9.94. The second-order valence-electron chi connectivity index (χ2n) is 14.6. The highest BCUT2D eigenvalue weighted by molar-refractivity contribution is 8.00. The molecule has 0 radical (unpaired) electrons. The number of thioether (sulfide) groups is 1. The molecule has 1 saturated heterocycles. The monoisotopic (exact) mass is 814 g/mol. The lowest BCUT2D eigenvalue weighted by atomic mass is 9.91. The summed E-state index contributed by atoms with van der Waals surface area (Å²) in [5.74, 6) is 1.44. The zero-order valence-electron chi connectivity index (χ0n) is 32.2. The van der Waals surface area contributed by atoms with Gasteiger partial charge in [0.2, 0.25) is 0 Å². The third kappa shape index (κ3) is 9.96. The van der Waals surface area contributed by atoms with E-state index < -0.39 is 23.2 Å². The van der Waals surface area contributed by atoms with E-state index in [1.807, 2.05) is 158 Å². The molecule has 0 bridgehead atoms. The summed E-state index contributed by atoms with van der Waals surface area (Å²) >= 11 is 8.33. The van der Waals surface area contributed by atoms with Gasteiger partial charge in [0.05, 0.1) is 38.3 Å². The molecular weight excluding hydrogens is 768 g/mol. The normalized spacial score (nSPS) is 21.4. The molecule has 9 heteroatoms. The van der Waals surface area contributed by atoms with Gasteiger partial charge in [0.15, 0.2) is 16.4 Å². The highest BCUT2D eigenvalue weighted by atomic mass is 35.5. The third-order valence-corrected chi connectivity index (χ3v) is 12.3. The summed E-state index contributed by atoms with van der Waals surface area (Å²) in [6.45, 7) is 2.60. The Hall–Kier alpha value is -4.64. The molecule has 5 atom stereocenters. The molecule has 0 aromatic heterocycles. The van der Waals surface area contributed by atoms with Gasteiger partial charge >= 0.3 is 0 Å². The molecule has 0 aliphatic carbocycles. The van der Waals surface area contributed by atoms with Crippen molar-refractivity contribution in [1.29, 1.82) is 0 Å². The largest absolute Gasteiger partial charge is 0.486 e. The number of halogens is 1. The second-order valence-corrected chi connectivity index (χ2v) is 16.4. The van der Waals surface area contributed by atoms with Crippen LogP contribution in [0.25, 0.3) is 0 Å². The summed E-state index contributed by atoms with van der Waals surface area (Å²) in [6.07, 6.45) is -1.62. The molecule has 6 aromatic rings. The Labute approximate surface area is 349 Å². The first-order valence-electron chi connectivity index (χ1n) is 19.7. The molecule has 298 valence electrons. The molecule has 7 nitrogen and oxygen atoms in total. The highest BCUT2D eigenvalue weighted by Gasteiger charge is 2.56. The first kappa shape index (κ1) is 40.2. The Morgan fingerprint density at radius 3 is 1.71 bits per heavy atom. The number of hydrogen-bond donors (Lipinski definition) is 1. The van der Waals surface area contributed by atoms with Gasteiger partial charge in [-0.1, -0.05) is 151 Å². The average Bonchev–Trinajstić information content (AvgIpc) is 3.27.